The molecule has 0 aromatic heterocycles. The average molecular weight is 744 g/mol. The maximum absolute atomic E-state index is 14.2. The fourth-order valence-electron chi connectivity index (χ4n) is 8.07. The number of hydrogen-bond donors (Lipinski definition) is 3. The predicted molar refractivity (Wildman–Crippen MR) is 203 cm³/mol. The molecule has 2 aliphatic rings. The van der Waals surface area contributed by atoms with Crippen LogP contribution < -0.4 is 10.6 Å². The summed E-state index contributed by atoms with van der Waals surface area (Å²) in [5, 5.41) is 15.6. The summed E-state index contributed by atoms with van der Waals surface area (Å²) in [5.74, 6) is -3.14. The third-order valence-corrected chi connectivity index (χ3v) is 11.9. The molecule has 0 radical (unpaired) electrons. The van der Waals surface area contributed by atoms with Crippen LogP contribution in [0.25, 0.3) is 0 Å². The molecule has 3 N–H and O–H groups in total. The van der Waals surface area contributed by atoms with E-state index in [1.165, 1.54) is 7.11 Å². The molecule has 0 bridgehead atoms. The van der Waals surface area contributed by atoms with Crippen LogP contribution in [0.15, 0.2) is 30.3 Å². The zero-order chi connectivity index (χ0) is 39.6. The van der Waals surface area contributed by atoms with E-state index in [1.807, 2.05) is 76.9 Å². The zero-order valence-electron chi connectivity index (χ0n) is 33.6. The van der Waals surface area contributed by atoms with Crippen LogP contribution in [0.3, 0.4) is 0 Å². The second-order valence-corrected chi connectivity index (χ2v) is 15.7. The van der Waals surface area contributed by atoms with E-state index < -0.39 is 59.7 Å². The summed E-state index contributed by atoms with van der Waals surface area (Å²) < 4.78 is 11.9. The van der Waals surface area contributed by atoms with E-state index >= 15 is 0 Å². The fraction of sp³-hybridized carbons (Fsp3) is 0.725. The Bertz CT molecular complexity index is 1390. The van der Waals surface area contributed by atoms with Gasteiger partial charge in [0.05, 0.1) is 42.2 Å². The summed E-state index contributed by atoms with van der Waals surface area (Å²) in [6.07, 6.45) is 2.48. The number of carboxylic acid groups (broad SMARTS) is 1. The number of ether oxygens (including phenoxy) is 2. The molecule has 3 rings (SSSR count). The Kier molecular flexibility index (Phi) is 16.3. The summed E-state index contributed by atoms with van der Waals surface area (Å²) in [4.78, 5) is 73.0. The number of nitrogens with one attached hydrogen (secondary N) is 2. The number of aliphatic carboxylic acids is 1. The summed E-state index contributed by atoms with van der Waals surface area (Å²) in [6.45, 7) is 12.8. The normalized spacial score (nSPS) is 23.1. The molecule has 0 aliphatic carbocycles. The minimum absolute atomic E-state index is 0.00360. The Hall–Kier alpha value is -3.55. The molecule has 0 spiro atoms. The SMILES string of the molecule is CCC(C)C(C(CC(=O)N1CCCC1C(OC)C(C)C(=O)NC(Cc1ccccc1)C(=O)O)OC)N(C)C(=O)C(NC(=O)C1(C)CCCN1C)C(C)C. The van der Waals surface area contributed by atoms with Crippen molar-refractivity contribution in [2.45, 2.75) is 128 Å². The van der Waals surface area contributed by atoms with Crippen molar-refractivity contribution in [3.05, 3.63) is 35.9 Å². The second-order valence-electron chi connectivity index (χ2n) is 15.7. The largest absolute Gasteiger partial charge is 0.480 e. The summed E-state index contributed by atoms with van der Waals surface area (Å²) in [7, 11) is 6.70. The number of benzene rings is 1. The maximum atomic E-state index is 14.2. The highest BCUT2D eigenvalue weighted by atomic mass is 16.5. The maximum Gasteiger partial charge on any atom is 0.326 e. The molecule has 13 heteroatoms. The Labute approximate surface area is 316 Å². The number of hydrogen-bond acceptors (Lipinski definition) is 8. The second kappa shape index (κ2) is 19.7. The predicted octanol–water partition coefficient (Wildman–Crippen LogP) is 3.34. The topological polar surface area (TPSA) is 158 Å². The molecule has 2 heterocycles. The number of carboxylic acids is 1. The molecule has 4 amide bonds. The highest BCUT2D eigenvalue weighted by Crippen LogP contribution is 2.31. The molecule has 13 nitrogen and oxygen atoms in total. The van der Waals surface area contributed by atoms with Crippen molar-refractivity contribution in [3.63, 3.8) is 0 Å². The number of likely N-dealkylation sites (N-methyl/N-ethyl adjacent to an activating group) is 2. The number of nitrogens with zero attached hydrogens (tertiary/aromatic N) is 3. The lowest BCUT2D eigenvalue weighted by Gasteiger charge is -2.41. The highest BCUT2D eigenvalue weighted by Gasteiger charge is 2.45. The van der Waals surface area contributed by atoms with Gasteiger partial charge in [-0.05, 0) is 63.6 Å². The van der Waals surface area contributed by atoms with Crippen molar-refractivity contribution in [2.75, 3.05) is 41.4 Å². The quantitative estimate of drug-likeness (QED) is 0.193. The molecular formula is C40H65N5O8. The first-order chi connectivity index (χ1) is 25.0. The van der Waals surface area contributed by atoms with Gasteiger partial charge in [-0.1, -0.05) is 71.4 Å². The lowest BCUT2D eigenvalue weighted by atomic mass is 9.89. The van der Waals surface area contributed by atoms with Crippen molar-refractivity contribution in [1.29, 1.82) is 0 Å². The molecule has 2 fully saturated rings. The Morgan fingerprint density at radius 3 is 2.19 bits per heavy atom. The zero-order valence-corrected chi connectivity index (χ0v) is 33.6. The first-order valence-electron chi connectivity index (χ1n) is 19.2. The fourth-order valence-corrected chi connectivity index (χ4v) is 8.07. The molecule has 1 aromatic rings. The van der Waals surface area contributed by atoms with Gasteiger partial charge in [0.1, 0.15) is 12.1 Å². The van der Waals surface area contributed by atoms with Gasteiger partial charge >= 0.3 is 5.97 Å². The third kappa shape index (κ3) is 10.6. The lowest BCUT2D eigenvalue weighted by molar-refractivity contribution is -0.148. The van der Waals surface area contributed by atoms with Crippen molar-refractivity contribution >= 4 is 29.6 Å². The number of amides is 4. The van der Waals surface area contributed by atoms with Gasteiger partial charge in [-0.25, -0.2) is 4.79 Å². The first kappa shape index (κ1) is 43.9. The van der Waals surface area contributed by atoms with E-state index in [1.54, 1.807) is 30.9 Å². The number of carbonyl (C=O) groups excluding carboxylic acids is 4. The van der Waals surface area contributed by atoms with Crippen molar-refractivity contribution < 1.29 is 38.6 Å². The van der Waals surface area contributed by atoms with Gasteiger partial charge in [0.25, 0.3) is 0 Å². The Morgan fingerprint density at radius 2 is 1.66 bits per heavy atom. The van der Waals surface area contributed by atoms with Crippen LogP contribution in [0.2, 0.25) is 0 Å². The van der Waals surface area contributed by atoms with Gasteiger partial charge < -0.3 is 35.0 Å². The number of rotatable bonds is 19. The molecule has 2 aliphatic heterocycles. The molecule has 298 valence electrons. The van der Waals surface area contributed by atoms with Crippen LogP contribution >= 0.6 is 0 Å². The van der Waals surface area contributed by atoms with Crippen LogP contribution in [-0.2, 0) is 39.9 Å². The molecule has 9 unspecified atom stereocenters. The van der Waals surface area contributed by atoms with E-state index in [0.29, 0.717) is 19.4 Å². The van der Waals surface area contributed by atoms with E-state index in [9.17, 15) is 29.1 Å². The molecule has 2 saturated heterocycles. The standard InChI is InChI=1S/C40H65N5O8/c1-11-26(4)34(44(8)37(48)33(25(2)3)42-39(51)40(6)20-16-21-43(40)7)31(52-9)24-32(46)45-22-15-19-30(45)35(53-10)27(5)36(47)41-29(38(49)50)23-28-17-13-12-14-18-28/h12-14,17-18,25-27,29-31,33-35H,11,15-16,19-24H2,1-10H3,(H,41,47)(H,42,51)(H,49,50). The van der Waals surface area contributed by atoms with Crippen LogP contribution in [-0.4, -0.2) is 133 Å². The molecular weight excluding hydrogens is 678 g/mol. The summed E-state index contributed by atoms with van der Waals surface area (Å²) in [5.41, 5.74) is 0.101. The van der Waals surface area contributed by atoms with Gasteiger partial charge in [-0.3, -0.25) is 24.1 Å². The Morgan fingerprint density at radius 1 is 1.00 bits per heavy atom. The Balaban J connectivity index is 1.77. The number of methoxy groups -OCH3 is 2. The molecule has 9 atom stereocenters. The number of carbonyl (C=O) groups is 5. The summed E-state index contributed by atoms with van der Waals surface area (Å²) in [6, 6.07) is 6.34. The minimum Gasteiger partial charge on any atom is -0.480 e. The minimum atomic E-state index is -1.14. The smallest absolute Gasteiger partial charge is 0.326 e. The van der Waals surface area contributed by atoms with Gasteiger partial charge in [0, 0.05) is 34.2 Å². The van der Waals surface area contributed by atoms with Crippen LogP contribution in [0.1, 0.15) is 85.6 Å². The van der Waals surface area contributed by atoms with Gasteiger partial charge in [0.15, 0.2) is 0 Å². The van der Waals surface area contributed by atoms with Gasteiger partial charge in [0.2, 0.25) is 23.6 Å². The van der Waals surface area contributed by atoms with Crippen molar-refractivity contribution in [1.82, 2.24) is 25.3 Å². The first-order valence-corrected chi connectivity index (χ1v) is 19.2. The van der Waals surface area contributed by atoms with E-state index in [0.717, 1.165) is 31.4 Å². The highest BCUT2D eigenvalue weighted by molar-refractivity contribution is 5.92. The monoisotopic (exact) mass is 743 g/mol. The average Bonchev–Trinajstić information content (AvgIpc) is 3.76. The van der Waals surface area contributed by atoms with E-state index in [4.69, 9.17) is 9.47 Å². The summed E-state index contributed by atoms with van der Waals surface area (Å²) >= 11 is 0. The number of likely N-dealkylation sites (tertiary alicyclic amines) is 2. The van der Waals surface area contributed by atoms with Crippen LogP contribution in [0.5, 0.6) is 0 Å². The lowest BCUT2D eigenvalue weighted by Crippen LogP contribution is -2.61. The third-order valence-electron chi connectivity index (χ3n) is 11.9. The van der Waals surface area contributed by atoms with Crippen molar-refractivity contribution in [2.24, 2.45) is 17.8 Å². The van der Waals surface area contributed by atoms with Crippen LogP contribution in [0.4, 0.5) is 0 Å². The van der Waals surface area contributed by atoms with Crippen LogP contribution in [0, 0.1) is 17.8 Å². The molecule has 0 saturated carbocycles. The van der Waals surface area contributed by atoms with Gasteiger partial charge in [-0.2, -0.15) is 0 Å². The van der Waals surface area contributed by atoms with Gasteiger partial charge in [-0.15, -0.1) is 0 Å². The molecule has 53 heavy (non-hydrogen) atoms. The van der Waals surface area contributed by atoms with Crippen molar-refractivity contribution in [3.8, 4) is 0 Å². The van der Waals surface area contributed by atoms with E-state index in [-0.39, 0.29) is 42.4 Å². The van der Waals surface area contributed by atoms with E-state index in [2.05, 4.69) is 10.6 Å². The molecule has 1 aromatic carbocycles.